The first kappa shape index (κ1) is 58.0. The smallest absolute Gasteiger partial charge is 0.416 e. The number of carbonyl (C=O) groups excluding carboxylic acids is 4. The van der Waals surface area contributed by atoms with Gasteiger partial charge in [-0.05, 0) is 98.3 Å². The minimum Gasteiger partial charge on any atom is -0.491 e. The van der Waals surface area contributed by atoms with E-state index in [0.29, 0.717) is 89.6 Å². The molecule has 0 aliphatic rings. The first-order valence-corrected chi connectivity index (χ1v) is 23.7. The van der Waals surface area contributed by atoms with Crippen LogP contribution in [0.4, 0.5) is 10.6 Å². The molecule has 1 heterocycles. The highest BCUT2D eigenvalue weighted by Crippen LogP contribution is 2.33. The van der Waals surface area contributed by atoms with Gasteiger partial charge in [-0.3, -0.25) is 19.3 Å². The molecule has 18 heteroatoms. The number of benzene rings is 2. The Bertz CT molecular complexity index is 2250. The highest BCUT2D eigenvalue weighted by Gasteiger charge is 2.30. The molecule has 0 aliphatic carbocycles. The van der Waals surface area contributed by atoms with E-state index in [0.717, 1.165) is 27.5 Å². The summed E-state index contributed by atoms with van der Waals surface area (Å²) in [4.78, 5) is 61.8. The van der Waals surface area contributed by atoms with Crippen molar-refractivity contribution in [1.82, 2.24) is 15.6 Å². The van der Waals surface area contributed by atoms with Gasteiger partial charge in [-0.25, -0.2) is 9.78 Å². The Morgan fingerprint density at radius 3 is 2.14 bits per heavy atom. The van der Waals surface area contributed by atoms with E-state index in [2.05, 4.69) is 32.2 Å². The Kier molecular flexibility index (Phi) is 26.3. The standard InChI is InChI=1S/C52H73N7O11/c1-10-38(4)49(57-47(60)17-14-25-59(51(63)70-52(6,7)8)46-35-37(3)22-23-54-46)50(62)56-44(36-48(61)64-9)39(5)18-19-40(11-2)41-20-21-45(43-16-13-12-15-42(41)43)69-34-33-68-32-31-67-30-29-66-28-27-65-26-24-55-58-53/h11-13,15-16,18-23,35,38,44,49H,5,10,14,17,24-34,36H2,1-4,6-9H3,(H,56,62)(H,57,60)/b19-18-,40-11+/t38-,44-,49-/m0/s1. The van der Waals surface area contributed by atoms with Crippen LogP contribution < -0.4 is 20.3 Å². The van der Waals surface area contributed by atoms with Crippen LogP contribution >= 0.6 is 0 Å². The second-order valence-electron chi connectivity index (χ2n) is 17.3. The SMILES string of the molecule is C=C(/C=C\C(=C/C)c1ccc(OCCOCCOCCOCCOCCN=[N+]=[N-])c2ccccc12)[C@H](CC(=O)OC)NC(=O)[C@@H](NC(=O)CCCN(C(=O)OC(C)(C)C)c1cc(C)ccn1)[C@@H](C)CC. The third-order valence-corrected chi connectivity index (χ3v) is 10.7. The molecule has 0 radical (unpaired) electrons. The van der Waals surface area contributed by atoms with Gasteiger partial charge in [0.25, 0.3) is 0 Å². The molecule has 70 heavy (non-hydrogen) atoms. The molecule has 2 aromatic carbocycles. The van der Waals surface area contributed by atoms with Gasteiger partial charge in [0.1, 0.15) is 29.8 Å². The van der Waals surface area contributed by atoms with Gasteiger partial charge >= 0.3 is 12.1 Å². The molecule has 3 aromatic rings. The van der Waals surface area contributed by atoms with E-state index in [4.69, 9.17) is 38.7 Å². The van der Waals surface area contributed by atoms with Crippen molar-refractivity contribution < 1.29 is 52.3 Å². The zero-order valence-corrected chi connectivity index (χ0v) is 42.2. The number of hydrogen-bond donors (Lipinski definition) is 2. The lowest BCUT2D eigenvalue weighted by molar-refractivity contribution is -0.141. The third-order valence-electron chi connectivity index (χ3n) is 10.7. The van der Waals surface area contributed by atoms with Gasteiger partial charge in [-0.1, -0.05) is 80.5 Å². The van der Waals surface area contributed by atoms with Crippen LogP contribution in [-0.2, 0) is 42.8 Å². The second-order valence-corrected chi connectivity index (χ2v) is 17.3. The van der Waals surface area contributed by atoms with E-state index in [1.807, 2.05) is 82.3 Å². The van der Waals surface area contributed by atoms with Crippen molar-refractivity contribution in [2.24, 2.45) is 11.0 Å². The number of ether oxygens (including phenoxy) is 7. The van der Waals surface area contributed by atoms with Gasteiger partial charge < -0.3 is 43.8 Å². The van der Waals surface area contributed by atoms with Gasteiger partial charge in [0.2, 0.25) is 11.8 Å². The average Bonchev–Trinajstić information content (AvgIpc) is 3.33. The highest BCUT2D eigenvalue weighted by molar-refractivity contribution is 5.99. The van der Waals surface area contributed by atoms with Crippen molar-refractivity contribution in [3.8, 4) is 5.75 Å². The number of allylic oxidation sites excluding steroid dienone is 3. The highest BCUT2D eigenvalue weighted by atomic mass is 16.6. The van der Waals surface area contributed by atoms with Crippen LogP contribution in [0.1, 0.15) is 78.4 Å². The summed E-state index contributed by atoms with van der Waals surface area (Å²) in [5, 5.41) is 11.1. The molecule has 0 fully saturated rings. The van der Waals surface area contributed by atoms with Gasteiger partial charge in [0.05, 0.1) is 72.4 Å². The molecule has 0 spiro atoms. The Balaban J connectivity index is 1.61. The quantitative estimate of drug-likeness (QED) is 0.0150. The first-order chi connectivity index (χ1) is 33.6. The number of anilines is 1. The Morgan fingerprint density at radius 1 is 0.900 bits per heavy atom. The van der Waals surface area contributed by atoms with E-state index < -0.39 is 35.7 Å². The summed E-state index contributed by atoms with van der Waals surface area (Å²) in [5.74, 6) is -0.545. The topological polar surface area (TPSA) is 222 Å². The van der Waals surface area contributed by atoms with Gasteiger partial charge in [0.15, 0.2) is 0 Å². The van der Waals surface area contributed by atoms with Crippen molar-refractivity contribution in [1.29, 1.82) is 0 Å². The summed E-state index contributed by atoms with van der Waals surface area (Å²) in [6.45, 7) is 21.2. The van der Waals surface area contributed by atoms with Gasteiger partial charge in [0, 0.05) is 36.0 Å². The number of azide groups is 1. The number of nitrogens with zero attached hydrogens (tertiary/aromatic N) is 5. The summed E-state index contributed by atoms with van der Waals surface area (Å²) in [7, 11) is 1.28. The van der Waals surface area contributed by atoms with Crippen LogP contribution in [0.25, 0.3) is 26.8 Å². The maximum absolute atomic E-state index is 14.0. The van der Waals surface area contributed by atoms with Crippen molar-refractivity contribution in [3.05, 3.63) is 107 Å². The minimum absolute atomic E-state index is 0.0194. The van der Waals surface area contributed by atoms with Crippen molar-refractivity contribution >= 4 is 46.0 Å². The van der Waals surface area contributed by atoms with Crippen LogP contribution in [0.15, 0.2) is 90.2 Å². The van der Waals surface area contributed by atoms with E-state index in [1.165, 1.54) is 12.0 Å². The molecule has 3 rings (SSSR count). The summed E-state index contributed by atoms with van der Waals surface area (Å²) >= 11 is 0. The lowest BCUT2D eigenvalue weighted by Gasteiger charge is -2.28. The number of carbonyl (C=O) groups is 4. The first-order valence-electron chi connectivity index (χ1n) is 23.7. The zero-order valence-electron chi connectivity index (χ0n) is 42.2. The molecule has 3 atom stereocenters. The summed E-state index contributed by atoms with van der Waals surface area (Å²) < 4.78 is 38.8. The summed E-state index contributed by atoms with van der Waals surface area (Å²) in [5.41, 5.74) is 10.7. The maximum Gasteiger partial charge on any atom is 0.416 e. The molecule has 382 valence electrons. The fraction of sp³-hybridized carbons (Fsp3) is 0.519. The molecule has 0 aliphatic heterocycles. The van der Waals surface area contributed by atoms with Gasteiger partial charge in [-0.2, -0.15) is 0 Å². The molecular weight excluding hydrogens is 899 g/mol. The van der Waals surface area contributed by atoms with Crippen molar-refractivity contribution in [2.75, 3.05) is 84.6 Å². The number of rotatable bonds is 32. The third kappa shape index (κ3) is 21.1. The second kappa shape index (κ2) is 31.8. The molecule has 2 N–H and O–H groups in total. The lowest BCUT2D eigenvalue weighted by atomic mass is 9.95. The number of pyridine rings is 1. The van der Waals surface area contributed by atoms with Crippen LogP contribution in [0.5, 0.6) is 5.75 Å². The van der Waals surface area contributed by atoms with Crippen LogP contribution in [0, 0.1) is 12.8 Å². The Labute approximate surface area is 412 Å². The number of methoxy groups -OCH3 is 1. The minimum atomic E-state index is -0.925. The van der Waals surface area contributed by atoms with E-state index >= 15 is 0 Å². The molecule has 1 aromatic heterocycles. The number of esters is 1. The molecule has 18 nitrogen and oxygen atoms in total. The largest absolute Gasteiger partial charge is 0.491 e. The number of aryl methyl sites for hydroxylation is 1. The van der Waals surface area contributed by atoms with Crippen molar-refractivity contribution in [3.63, 3.8) is 0 Å². The number of aromatic nitrogens is 1. The number of fused-ring (bicyclic) bond motifs is 1. The number of hydrogen-bond acceptors (Lipinski definition) is 13. The van der Waals surface area contributed by atoms with Crippen LogP contribution in [0.2, 0.25) is 0 Å². The Morgan fingerprint density at radius 2 is 1.54 bits per heavy atom. The molecule has 0 saturated carbocycles. The molecule has 0 saturated heterocycles. The van der Waals surface area contributed by atoms with Crippen LogP contribution in [-0.4, -0.2) is 126 Å². The summed E-state index contributed by atoms with van der Waals surface area (Å²) in [6, 6.07) is 13.6. The average molecular weight is 972 g/mol. The molecule has 0 unspecified atom stereocenters. The molecule has 0 bridgehead atoms. The van der Waals surface area contributed by atoms with E-state index in [1.54, 1.807) is 39.1 Å². The predicted octanol–water partition coefficient (Wildman–Crippen LogP) is 8.62. The number of amides is 3. The Hall–Kier alpha value is -6.30. The fourth-order valence-corrected chi connectivity index (χ4v) is 6.84. The number of nitrogens with one attached hydrogen (secondary N) is 2. The normalized spacial score (nSPS) is 12.9. The van der Waals surface area contributed by atoms with E-state index in [9.17, 15) is 19.2 Å². The monoisotopic (exact) mass is 972 g/mol. The van der Waals surface area contributed by atoms with Crippen LogP contribution in [0.3, 0.4) is 0 Å². The molecule has 3 amide bonds. The van der Waals surface area contributed by atoms with Gasteiger partial charge in [-0.15, -0.1) is 0 Å². The molecular formula is C52H73N7O11. The van der Waals surface area contributed by atoms with E-state index in [-0.39, 0.29) is 37.6 Å². The zero-order chi connectivity index (χ0) is 51.3. The van der Waals surface area contributed by atoms with Crippen molar-refractivity contribution in [2.45, 2.75) is 91.8 Å². The fourth-order valence-electron chi connectivity index (χ4n) is 6.84. The predicted molar refractivity (Wildman–Crippen MR) is 270 cm³/mol. The summed E-state index contributed by atoms with van der Waals surface area (Å²) in [6.07, 6.45) is 7.33. The maximum atomic E-state index is 14.0. The lowest BCUT2D eigenvalue weighted by Crippen LogP contribution is -2.53.